The van der Waals surface area contributed by atoms with Gasteiger partial charge in [-0.1, -0.05) is 6.92 Å². The minimum Gasteiger partial charge on any atom is -0.365 e. The van der Waals surface area contributed by atoms with Gasteiger partial charge < -0.3 is 15.6 Å². The second-order valence-electron chi connectivity index (χ2n) is 3.75. The molecule has 0 atom stereocenters. The predicted octanol–water partition coefficient (Wildman–Crippen LogP) is 0.330. The van der Waals surface area contributed by atoms with Crippen LogP contribution in [0, 0.1) is 0 Å². The molecule has 0 spiro atoms. The van der Waals surface area contributed by atoms with Crippen LogP contribution < -0.4 is 21.5 Å². The molecule has 0 saturated carbocycles. The lowest BCUT2D eigenvalue weighted by Gasteiger charge is -2.19. The molecule has 0 saturated heterocycles. The van der Waals surface area contributed by atoms with E-state index in [0.717, 1.165) is 12.1 Å². The van der Waals surface area contributed by atoms with Crippen molar-refractivity contribution in [1.29, 1.82) is 0 Å². The number of aromatic nitrogens is 1. The zero-order valence-corrected chi connectivity index (χ0v) is 10.2. The van der Waals surface area contributed by atoms with E-state index < -0.39 is 0 Å². The number of likely N-dealkylation sites (N-methyl/N-ethyl adjacent to an activating group) is 1. The molecule has 94 valence electrons. The fourth-order valence-corrected chi connectivity index (χ4v) is 1.36. The number of rotatable bonds is 6. The Morgan fingerprint density at radius 1 is 1.59 bits per heavy atom. The molecule has 0 aromatic carbocycles. The molecule has 0 aliphatic heterocycles. The highest BCUT2D eigenvalue weighted by Crippen LogP contribution is 2.14. The third-order valence-electron chi connectivity index (χ3n) is 2.29. The molecule has 0 fully saturated rings. The van der Waals surface area contributed by atoms with Gasteiger partial charge in [-0.15, -0.1) is 0 Å². The van der Waals surface area contributed by atoms with Crippen molar-refractivity contribution < 1.29 is 4.79 Å². The zero-order valence-electron chi connectivity index (χ0n) is 10.2. The maximum Gasteiger partial charge on any atom is 0.239 e. The van der Waals surface area contributed by atoms with E-state index in [1.54, 1.807) is 12.3 Å². The monoisotopic (exact) mass is 237 g/mol. The third-order valence-corrected chi connectivity index (χ3v) is 2.29. The number of nitrogens with two attached hydrogens (primary N) is 1. The van der Waals surface area contributed by atoms with E-state index in [2.05, 4.69) is 15.7 Å². The van der Waals surface area contributed by atoms with Crippen molar-refractivity contribution in [2.24, 2.45) is 5.84 Å². The van der Waals surface area contributed by atoms with Gasteiger partial charge in [0, 0.05) is 31.5 Å². The van der Waals surface area contributed by atoms with Gasteiger partial charge in [-0.25, -0.2) is 10.8 Å². The Morgan fingerprint density at radius 2 is 2.35 bits per heavy atom. The number of pyridine rings is 1. The van der Waals surface area contributed by atoms with E-state index in [0.29, 0.717) is 18.9 Å². The number of nitrogens with zero attached hydrogens (tertiary/aromatic N) is 2. The molecule has 0 aliphatic rings. The number of nitrogens with one attached hydrogen (secondary N) is 2. The maximum atomic E-state index is 11.5. The second kappa shape index (κ2) is 6.70. The molecule has 4 N–H and O–H groups in total. The molecule has 1 amide bonds. The number of nitrogen functional groups attached to an aromatic ring is 1. The highest BCUT2D eigenvalue weighted by Gasteiger charge is 2.07. The quantitative estimate of drug-likeness (QED) is 0.490. The van der Waals surface area contributed by atoms with Crippen LogP contribution >= 0.6 is 0 Å². The van der Waals surface area contributed by atoms with Crippen LogP contribution in [-0.4, -0.2) is 31.0 Å². The smallest absolute Gasteiger partial charge is 0.239 e. The van der Waals surface area contributed by atoms with Crippen molar-refractivity contribution in [3.63, 3.8) is 0 Å². The Bertz CT molecular complexity index is 369. The van der Waals surface area contributed by atoms with Crippen molar-refractivity contribution in [1.82, 2.24) is 10.3 Å². The van der Waals surface area contributed by atoms with E-state index in [4.69, 9.17) is 5.84 Å². The van der Waals surface area contributed by atoms with E-state index in [1.807, 2.05) is 24.9 Å². The largest absolute Gasteiger partial charge is 0.365 e. The maximum absolute atomic E-state index is 11.5. The summed E-state index contributed by atoms with van der Waals surface area (Å²) in [6.07, 6.45) is 2.58. The average Bonchev–Trinajstić information content (AvgIpc) is 2.36. The van der Waals surface area contributed by atoms with Gasteiger partial charge >= 0.3 is 0 Å². The van der Waals surface area contributed by atoms with E-state index >= 15 is 0 Å². The highest BCUT2D eigenvalue weighted by atomic mass is 16.2. The van der Waals surface area contributed by atoms with E-state index in [9.17, 15) is 4.79 Å². The standard InChI is InChI=1S/C11H19N5O/c1-3-5-14-11(17)8-16(2)9-4-6-13-10(7-9)15-12/h4,6-7H,3,5,8,12H2,1-2H3,(H,13,15)(H,14,17). The summed E-state index contributed by atoms with van der Waals surface area (Å²) in [5, 5.41) is 2.83. The number of hydrogen-bond donors (Lipinski definition) is 3. The molecular formula is C11H19N5O. The predicted molar refractivity (Wildman–Crippen MR) is 68.6 cm³/mol. The lowest BCUT2D eigenvalue weighted by atomic mass is 10.3. The van der Waals surface area contributed by atoms with Crippen LogP contribution in [-0.2, 0) is 4.79 Å². The molecule has 17 heavy (non-hydrogen) atoms. The SMILES string of the molecule is CCCNC(=O)CN(C)c1ccnc(NN)c1. The molecule has 1 heterocycles. The first kappa shape index (κ1) is 13.2. The number of carbonyl (C=O) groups excluding carboxylic acids is 1. The van der Waals surface area contributed by atoms with Crippen LogP contribution in [0.1, 0.15) is 13.3 Å². The van der Waals surface area contributed by atoms with Gasteiger partial charge in [0.15, 0.2) is 0 Å². The molecule has 0 aliphatic carbocycles. The molecule has 0 unspecified atom stereocenters. The Labute approximate surface area is 101 Å². The van der Waals surface area contributed by atoms with Crippen molar-refractivity contribution >= 4 is 17.4 Å². The molecular weight excluding hydrogens is 218 g/mol. The van der Waals surface area contributed by atoms with Gasteiger partial charge in [0.1, 0.15) is 5.82 Å². The molecule has 6 heteroatoms. The molecule has 6 nitrogen and oxygen atoms in total. The Balaban J connectivity index is 2.56. The number of hydrogen-bond acceptors (Lipinski definition) is 5. The fourth-order valence-electron chi connectivity index (χ4n) is 1.36. The zero-order chi connectivity index (χ0) is 12.7. The molecule has 1 aromatic rings. The summed E-state index contributed by atoms with van der Waals surface area (Å²) < 4.78 is 0. The van der Waals surface area contributed by atoms with Gasteiger partial charge in [-0.2, -0.15) is 0 Å². The van der Waals surface area contributed by atoms with Gasteiger partial charge in [-0.05, 0) is 12.5 Å². The van der Waals surface area contributed by atoms with Crippen molar-refractivity contribution in [3.8, 4) is 0 Å². The first-order valence-electron chi connectivity index (χ1n) is 5.58. The van der Waals surface area contributed by atoms with Crippen LogP contribution in [0.5, 0.6) is 0 Å². The van der Waals surface area contributed by atoms with E-state index in [1.165, 1.54) is 0 Å². The topological polar surface area (TPSA) is 83.3 Å². The summed E-state index contributed by atoms with van der Waals surface area (Å²) in [6, 6.07) is 3.61. The number of hydrazine groups is 1. The molecule has 1 rings (SSSR count). The summed E-state index contributed by atoms with van der Waals surface area (Å²) >= 11 is 0. The number of amides is 1. The van der Waals surface area contributed by atoms with Crippen molar-refractivity contribution in [2.75, 3.05) is 30.5 Å². The van der Waals surface area contributed by atoms with Gasteiger partial charge in [0.05, 0.1) is 6.54 Å². The van der Waals surface area contributed by atoms with Crippen LogP contribution in [0.25, 0.3) is 0 Å². The lowest BCUT2D eigenvalue weighted by molar-refractivity contribution is -0.119. The van der Waals surface area contributed by atoms with Crippen molar-refractivity contribution in [2.45, 2.75) is 13.3 Å². The molecule has 0 bridgehead atoms. The Kier molecular flexibility index (Phi) is 5.22. The third kappa shape index (κ3) is 4.28. The molecule has 1 aromatic heterocycles. The molecule has 0 radical (unpaired) electrons. The summed E-state index contributed by atoms with van der Waals surface area (Å²) in [5.74, 6) is 5.86. The summed E-state index contributed by atoms with van der Waals surface area (Å²) in [4.78, 5) is 17.4. The van der Waals surface area contributed by atoms with Crippen LogP contribution in [0.2, 0.25) is 0 Å². The normalized spacial score (nSPS) is 9.82. The minimum atomic E-state index is 0.00780. The van der Waals surface area contributed by atoms with E-state index in [-0.39, 0.29) is 5.91 Å². The number of carbonyl (C=O) groups is 1. The Hall–Kier alpha value is -1.82. The lowest BCUT2D eigenvalue weighted by Crippen LogP contribution is -2.35. The van der Waals surface area contributed by atoms with Crippen molar-refractivity contribution in [3.05, 3.63) is 18.3 Å². The van der Waals surface area contributed by atoms with Crippen LogP contribution in [0.3, 0.4) is 0 Å². The second-order valence-corrected chi connectivity index (χ2v) is 3.75. The highest BCUT2D eigenvalue weighted by molar-refractivity contribution is 5.81. The average molecular weight is 237 g/mol. The summed E-state index contributed by atoms with van der Waals surface area (Å²) in [5.41, 5.74) is 3.36. The number of anilines is 2. The van der Waals surface area contributed by atoms with Gasteiger partial charge in [-0.3, -0.25) is 4.79 Å². The minimum absolute atomic E-state index is 0.00780. The fraction of sp³-hybridized carbons (Fsp3) is 0.455. The summed E-state index contributed by atoms with van der Waals surface area (Å²) in [6.45, 7) is 3.04. The van der Waals surface area contributed by atoms with Gasteiger partial charge in [0.25, 0.3) is 0 Å². The summed E-state index contributed by atoms with van der Waals surface area (Å²) in [7, 11) is 1.85. The first-order valence-corrected chi connectivity index (χ1v) is 5.58. The first-order chi connectivity index (χ1) is 8.17. The van der Waals surface area contributed by atoms with Crippen LogP contribution in [0.4, 0.5) is 11.5 Å². The van der Waals surface area contributed by atoms with Crippen LogP contribution in [0.15, 0.2) is 18.3 Å². The Morgan fingerprint density at radius 3 is 3.00 bits per heavy atom. The van der Waals surface area contributed by atoms with Gasteiger partial charge in [0.2, 0.25) is 5.91 Å².